The van der Waals surface area contributed by atoms with E-state index in [1.807, 2.05) is 19.1 Å². The van der Waals surface area contributed by atoms with E-state index in [4.69, 9.17) is 4.52 Å². The Kier molecular flexibility index (Phi) is 4.14. The molecule has 0 aromatic heterocycles. The van der Waals surface area contributed by atoms with Gasteiger partial charge in [-0.1, -0.05) is 12.1 Å². The summed E-state index contributed by atoms with van der Waals surface area (Å²) in [6, 6.07) is 7.31. The van der Waals surface area contributed by atoms with Gasteiger partial charge in [0.25, 0.3) is 0 Å². The van der Waals surface area contributed by atoms with Crippen molar-refractivity contribution in [3.8, 4) is 5.75 Å². The van der Waals surface area contributed by atoms with Gasteiger partial charge in [0.05, 0.1) is 6.61 Å². The van der Waals surface area contributed by atoms with Crippen LogP contribution in [0.25, 0.3) is 0 Å². The SMILES string of the molecule is CCOP(C)(=O)C[C@H](c1cccc(O)c1)C1CC1. The molecule has 1 aliphatic rings. The van der Waals surface area contributed by atoms with Crippen molar-refractivity contribution in [1.29, 1.82) is 0 Å². The van der Waals surface area contributed by atoms with Gasteiger partial charge in [0.2, 0.25) is 7.37 Å². The van der Waals surface area contributed by atoms with Gasteiger partial charge in [-0.05, 0) is 49.3 Å². The molecule has 3 nitrogen and oxygen atoms in total. The zero-order valence-electron chi connectivity index (χ0n) is 11.0. The van der Waals surface area contributed by atoms with Crippen LogP contribution in [0.15, 0.2) is 24.3 Å². The number of phenols is 1. The zero-order chi connectivity index (χ0) is 13.2. The van der Waals surface area contributed by atoms with Crippen molar-refractivity contribution in [3.63, 3.8) is 0 Å². The van der Waals surface area contributed by atoms with E-state index in [1.54, 1.807) is 18.8 Å². The van der Waals surface area contributed by atoms with E-state index in [0.717, 1.165) is 5.56 Å². The van der Waals surface area contributed by atoms with Crippen LogP contribution >= 0.6 is 7.37 Å². The molecular formula is C14H21O3P. The molecule has 1 aromatic carbocycles. The molecule has 1 saturated carbocycles. The fourth-order valence-corrected chi connectivity index (χ4v) is 4.34. The number of rotatable bonds is 6. The molecule has 0 aliphatic heterocycles. The number of hydrogen-bond acceptors (Lipinski definition) is 3. The Hall–Kier alpha value is -0.790. The molecule has 4 heteroatoms. The van der Waals surface area contributed by atoms with Crippen molar-refractivity contribution in [3.05, 3.63) is 29.8 Å². The van der Waals surface area contributed by atoms with Crippen LogP contribution in [0.1, 0.15) is 31.2 Å². The number of benzene rings is 1. The van der Waals surface area contributed by atoms with E-state index < -0.39 is 7.37 Å². The van der Waals surface area contributed by atoms with Gasteiger partial charge in [0.1, 0.15) is 5.75 Å². The minimum atomic E-state index is -2.52. The Morgan fingerprint density at radius 3 is 2.78 bits per heavy atom. The van der Waals surface area contributed by atoms with Crippen LogP contribution in [0.3, 0.4) is 0 Å². The summed E-state index contributed by atoms with van der Waals surface area (Å²) in [5, 5.41) is 9.57. The zero-order valence-corrected chi connectivity index (χ0v) is 11.9. The van der Waals surface area contributed by atoms with Gasteiger partial charge in [-0.25, -0.2) is 0 Å². The Bertz CT molecular complexity index is 454. The summed E-state index contributed by atoms with van der Waals surface area (Å²) < 4.78 is 17.7. The Labute approximate surface area is 109 Å². The maximum Gasteiger partial charge on any atom is 0.200 e. The summed E-state index contributed by atoms with van der Waals surface area (Å²) in [6.45, 7) is 4.08. The molecule has 1 aromatic rings. The molecule has 100 valence electrons. The standard InChI is InChI=1S/C14H21O3P/c1-3-17-18(2,16)10-14(11-7-8-11)12-5-4-6-13(15)9-12/h4-6,9,11,14-15H,3,7-8,10H2,1-2H3/t14-,18?/m0/s1. The Morgan fingerprint density at radius 1 is 1.50 bits per heavy atom. The summed E-state index contributed by atoms with van der Waals surface area (Å²) in [7, 11) is -2.52. The molecule has 1 aliphatic carbocycles. The largest absolute Gasteiger partial charge is 0.508 e. The summed E-state index contributed by atoms with van der Waals surface area (Å²) in [5.74, 6) is 1.13. The normalized spacial score (nSPS) is 20.3. The lowest BCUT2D eigenvalue weighted by molar-refractivity contribution is 0.334. The Balaban J connectivity index is 2.16. The molecule has 0 spiro atoms. The summed E-state index contributed by atoms with van der Waals surface area (Å²) in [5.41, 5.74) is 1.08. The maximum absolute atomic E-state index is 12.3. The van der Waals surface area contributed by atoms with Gasteiger partial charge in [-0.3, -0.25) is 4.57 Å². The van der Waals surface area contributed by atoms with Crippen molar-refractivity contribution >= 4 is 7.37 Å². The molecule has 18 heavy (non-hydrogen) atoms. The second kappa shape index (κ2) is 5.46. The van der Waals surface area contributed by atoms with Crippen molar-refractivity contribution < 1.29 is 14.2 Å². The minimum Gasteiger partial charge on any atom is -0.508 e. The fourth-order valence-electron chi connectivity index (χ4n) is 2.46. The lowest BCUT2D eigenvalue weighted by atomic mass is 9.96. The highest BCUT2D eigenvalue weighted by molar-refractivity contribution is 7.58. The third-order valence-corrected chi connectivity index (χ3v) is 5.28. The van der Waals surface area contributed by atoms with Gasteiger partial charge in [-0.15, -0.1) is 0 Å². The predicted molar refractivity (Wildman–Crippen MR) is 73.6 cm³/mol. The monoisotopic (exact) mass is 268 g/mol. The predicted octanol–water partition coefficient (Wildman–Crippen LogP) is 3.83. The lowest BCUT2D eigenvalue weighted by Gasteiger charge is -2.21. The van der Waals surface area contributed by atoms with Crippen LogP contribution in [-0.2, 0) is 9.09 Å². The average molecular weight is 268 g/mol. The van der Waals surface area contributed by atoms with E-state index in [0.29, 0.717) is 18.7 Å². The fraction of sp³-hybridized carbons (Fsp3) is 0.571. The first-order valence-corrected chi connectivity index (χ1v) is 8.77. The van der Waals surface area contributed by atoms with Crippen LogP contribution in [0.2, 0.25) is 0 Å². The first kappa shape index (κ1) is 13.6. The van der Waals surface area contributed by atoms with Gasteiger partial charge < -0.3 is 9.63 Å². The van der Waals surface area contributed by atoms with Gasteiger partial charge in [0, 0.05) is 12.8 Å². The van der Waals surface area contributed by atoms with Crippen molar-refractivity contribution in [1.82, 2.24) is 0 Å². The quantitative estimate of drug-likeness (QED) is 0.797. The maximum atomic E-state index is 12.3. The molecule has 0 saturated heterocycles. The molecular weight excluding hydrogens is 247 g/mol. The van der Waals surface area contributed by atoms with Crippen LogP contribution in [0.4, 0.5) is 0 Å². The van der Waals surface area contributed by atoms with Crippen LogP contribution in [0, 0.1) is 5.92 Å². The van der Waals surface area contributed by atoms with E-state index in [-0.39, 0.29) is 11.7 Å². The number of phenolic OH excluding ortho intramolecular Hbond substituents is 1. The summed E-state index contributed by atoms with van der Waals surface area (Å²) in [4.78, 5) is 0. The first-order valence-electron chi connectivity index (χ1n) is 6.52. The van der Waals surface area contributed by atoms with E-state index in [2.05, 4.69) is 0 Å². The first-order chi connectivity index (χ1) is 8.52. The number of aromatic hydroxyl groups is 1. The average Bonchev–Trinajstić information content (AvgIpc) is 3.09. The third kappa shape index (κ3) is 3.60. The van der Waals surface area contributed by atoms with Crippen molar-refractivity contribution in [2.24, 2.45) is 5.92 Å². The topological polar surface area (TPSA) is 46.5 Å². The van der Waals surface area contributed by atoms with Crippen molar-refractivity contribution in [2.45, 2.75) is 25.7 Å². The van der Waals surface area contributed by atoms with Crippen molar-refractivity contribution in [2.75, 3.05) is 19.4 Å². The number of hydrogen-bond donors (Lipinski definition) is 1. The minimum absolute atomic E-state index is 0.250. The van der Waals surface area contributed by atoms with E-state index in [1.165, 1.54) is 12.8 Å². The van der Waals surface area contributed by atoms with Crippen LogP contribution in [-0.4, -0.2) is 24.5 Å². The molecule has 1 unspecified atom stereocenters. The van der Waals surface area contributed by atoms with E-state index >= 15 is 0 Å². The van der Waals surface area contributed by atoms with Gasteiger partial charge in [-0.2, -0.15) is 0 Å². The second-order valence-corrected chi connectivity index (χ2v) is 7.80. The highest BCUT2D eigenvalue weighted by atomic mass is 31.2. The molecule has 1 N–H and O–H groups in total. The third-order valence-electron chi connectivity index (χ3n) is 3.42. The molecule has 0 radical (unpaired) electrons. The van der Waals surface area contributed by atoms with Crippen LogP contribution < -0.4 is 0 Å². The van der Waals surface area contributed by atoms with Gasteiger partial charge >= 0.3 is 0 Å². The highest BCUT2D eigenvalue weighted by Crippen LogP contribution is 2.53. The molecule has 2 atom stereocenters. The molecule has 0 bridgehead atoms. The van der Waals surface area contributed by atoms with E-state index in [9.17, 15) is 9.67 Å². The smallest absolute Gasteiger partial charge is 0.200 e. The molecule has 2 rings (SSSR count). The summed E-state index contributed by atoms with van der Waals surface area (Å²) in [6.07, 6.45) is 2.95. The second-order valence-electron chi connectivity index (χ2n) is 5.15. The molecule has 0 amide bonds. The highest BCUT2D eigenvalue weighted by Gasteiger charge is 2.36. The Morgan fingerprint density at radius 2 is 2.22 bits per heavy atom. The molecule has 0 heterocycles. The lowest BCUT2D eigenvalue weighted by Crippen LogP contribution is -2.09. The van der Waals surface area contributed by atoms with Gasteiger partial charge in [0.15, 0.2) is 0 Å². The summed E-state index contributed by atoms with van der Waals surface area (Å²) >= 11 is 0. The van der Waals surface area contributed by atoms with Crippen LogP contribution in [0.5, 0.6) is 5.75 Å². The molecule has 1 fully saturated rings.